The number of likely N-dealkylation sites (tertiary alicyclic amines) is 1. The molecule has 0 bridgehead atoms. The highest BCUT2D eigenvalue weighted by molar-refractivity contribution is 5.99. The molecule has 24 heavy (non-hydrogen) atoms. The van der Waals surface area contributed by atoms with Gasteiger partial charge in [-0.15, -0.1) is 0 Å². The second kappa shape index (κ2) is 6.36. The van der Waals surface area contributed by atoms with Crippen LogP contribution in [0.2, 0.25) is 0 Å². The summed E-state index contributed by atoms with van der Waals surface area (Å²) in [5, 5.41) is 7.13. The third-order valence-corrected chi connectivity index (χ3v) is 5.08. The number of nitrogens with zero attached hydrogens (tertiary/aromatic N) is 3. The second-order valence-corrected chi connectivity index (χ2v) is 6.87. The number of aromatic nitrogens is 2. The van der Waals surface area contributed by atoms with E-state index in [-0.39, 0.29) is 11.9 Å². The smallest absolute Gasteiger partial charge is 0.252 e. The number of amides is 1. The van der Waals surface area contributed by atoms with Crippen LogP contribution in [0.25, 0.3) is 0 Å². The number of carbonyl (C=O) groups is 1. The van der Waals surface area contributed by atoms with Gasteiger partial charge in [0, 0.05) is 12.0 Å². The number of hydrogen-bond donors (Lipinski definition) is 1. The molecule has 126 valence electrons. The summed E-state index contributed by atoms with van der Waals surface area (Å²) in [5.41, 5.74) is 1.76. The average molecular weight is 326 g/mol. The molecule has 3 heterocycles. The lowest BCUT2D eigenvalue weighted by Gasteiger charge is -2.28. The standard InChI is InChI=1S/C18H22N4O2/c1-22-8-6-12(7-9-22)10-16-20-17(24-21-16)11-15-13-4-2-3-5-14(13)18(23)19-15/h2-5,12,15H,6-11H2,1H3,(H,19,23)/t15-/m1/s1. The molecule has 0 radical (unpaired) electrons. The molecule has 0 saturated carbocycles. The van der Waals surface area contributed by atoms with Crippen LogP contribution < -0.4 is 5.32 Å². The zero-order valence-electron chi connectivity index (χ0n) is 13.9. The molecule has 0 unspecified atom stereocenters. The summed E-state index contributed by atoms with van der Waals surface area (Å²) in [6.45, 7) is 2.28. The van der Waals surface area contributed by atoms with Crippen LogP contribution in [0.15, 0.2) is 28.8 Å². The number of fused-ring (bicyclic) bond motifs is 1. The van der Waals surface area contributed by atoms with Crippen LogP contribution in [0.5, 0.6) is 0 Å². The number of rotatable bonds is 4. The van der Waals surface area contributed by atoms with E-state index in [1.165, 1.54) is 12.8 Å². The first-order valence-electron chi connectivity index (χ1n) is 8.59. The minimum Gasteiger partial charge on any atom is -0.345 e. The summed E-state index contributed by atoms with van der Waals surface area (Å²) in [7, 11) is 2.16. The largest absolute Gasteiger partial charge is 0.345 e. The molecule has 1 N–H and O–H groups in total. The van der Waals surface area contributed by atoms with E-state index >= 15 is 0 Å². The lowest BCUT2D eigenvalue weighted by molar-refractivity contribution is 0.0955. The highest BCUT2D eigenvalue weighted by atomic mass is 16.5. The topological polar surface area (TPSA) is 71.3 Å². The predicted molar refractivity (Wildman–Crippen MR) is 88.6 cm³/mol. The summed E-state index contributed by atoms with van der Waals surface area (Å²) >= 11 is 0. The first-order chi connectivity index (χ1) is 11.7. The van der Waals surface area contributed by atoms with Crippen LogP contribution in [-0.2, 0) is 12.8 Å². The van der Waals surface area contributed by atoms with Crippen molar-refractivity contribution in [2.24, 2.45) is 5.92 Å². The number of hydrogen-bond acceptors (Lipinski definition) is 5. The Balaban J connectivity index is 1.40. The third kappa shape index (κ3) is 3.06. The first-order valence-corrected chi connectivity index (χ1v) is 8.59. The van der Waals surface area contributed by atoms with Gasteiger partial charge in [0.2, 0.25) is 5.89 Å². The van der Waals surface area contributed by atoms with Gasteiger partial charge < -0.3 is 14.7 Å². The van der Waals surface area contributed by atoms with Gasteiger partial charge in [0.05, 0.1) is 12.5 Å². The van der Waals surface area contributed by atoms with Crippen molar-refractivity contribution < 1.29 is 9.32 Å². The van der Waals surface area contributed by atoms with Crippen molar-refractivity contribution in [1.29, 1.82) is 0 Å². The van der Waals surface area contributed by atoms with Crippen LogP contribution in [0.1, 0.15) is 46.5 Å². The summed E-state index contributed by atoms with van der Waals surface area (Å²) in [4.78, 5) is 18.9. The summed E-state index contributed by atoms with van der Waals surface area (Å²) in [6, 6.07) is 7.58. The molecular weight excluding hydrogens is 304 g/mol. The van der Waals surface area contributed by atoms with Gasteiger partial charge in [-0.3, -0.25) is 4.79 Å². The Morgan fingerprint density at radius 1 is 1.25 bits per heavy atom. The number of nitrogens with one attached hydrogen (secondary N) is 1. The van der Waals surface area contributed by atoms with Crippen molar-refractivity contribution in [1.82, 2.24) is 20.4 Å². The molecule has 6 heteroatoms. The van der Waals surface area contributed by atoms with E-state index in [4.69, 9.17) is 4.52 Å². The predicted octanol–water partition coefficient (Wildman–Crippen LogP) is 1.98. The molecule has 0 aliphatic carbocycles. The maximum absolute atomic E-state index is 12.0. The van der Waals surface area contributed by atoms with Gasteiger partial charge in [-0.1, -0.05) is 23.4 Å². The van der Waals surface area contributed by atoms with E-state index in [1.807, 2.05) is 24.3 Å². The number of piperidine rings is 1. The van der Waals surface area contributed by atoms with Gasteiger partial charge in [-0.25, -0.2) is 0 Å². The van der Waals surface area contributed by atoms with Crippen LogP contribution in [0, 0.1) is 5.92 Å². The molecule has 4 rings (SSSR count). The Hall–Kier alpha value is -2.21. The van der Waals surface area contributed by atoms with E-state index < -0.39 is 0 Å². The number of benzene rings is 1. The molecule has 1 amide bonds. The van der Waals surface area contributed by atoms with Crippen molar-refractivity contribution >= 4 is 5.91 Å². The summed E-state index contributed by atoms with van der Waals surface area (Å²) < 4.78 is 5.42. The normalized spacial score (nSPS) is 21.7. The molecule has 2 aliphatic heterocycles. The zero-order valence-corrected chi connectivity index (χ0v) is 13.9. The van der Waals surface area contributed by atoms with Crippen molar-refractivity contribution in [2.75, 3.05) is 20.1 Å². The third-order valence-electron chi connectivity index (χ3n) is 5.08. The maximum Gasteiger partial charge on any atom is 0.252 e. The van der Waals surface area contributed by atoms with E-state index in [0.29, 0.717) is 18.2 Å². The SMILES string of the molecule is CN1CCC(Cc2noc(C[C@H]3NC(=O)c4ccccc43)n2)CC1. The van der Waals surface area contributed by atoms with E-state index in [1.54, 1.807) is 0 Å². The van der Waals surface area contributed by atoms with Crippen LogP contribution in [0.3, 0.4) is 0 Å². The van der Waals surface area contributed by atoms with Crippen molar-refractivity contribution in [3.8, 4) is 0 Å². The average Bonchev–Trinajstić information content (AvgIpc) is 3.15. The lowest BCUT2D eigenvalue weighted by atomic mass is 9.93. The Bertz CT molecular complexity index is 734. The van der Waals surface area contributed by atoms with E-state index in [0.717, 1.165) is 36.5 Å². The van der Waals surface area contributed by atoms with Crippen LogP contribution in [0.4, 0.5) is 0 Å². The first kappa shape index (κ1) is 15.3. The number of carbonyl (C=O) groups excluding carboxylic acids is 1. The molecule has 2 aromatic rings. The molecule has 1 atom stereocenters. The van der Waals surface area contributed by atoms with Gasteiger partial charge in [0.15, 0.2) is 5.82 Å². The van der Waals surface area contributed by atoms with Gasteiger partial charge >= 0.3 is 0 Å². The van der Waals surface area contributed by atoms with Gasteiger partial charge in [0.25, 0.3) is 5.91 Å². The Morgan fingerprint density at radius 3 is 2.88 bits per heavy atom. The Labute approximate surface area is 141 Å². The lowest BCUT2D eigenvalue weighted by Crippen LogP contribution is -2.31. The van der Waals surface area contributed by atoms with Crippen molar-refractivity contribution in [3.05, 3.63) is 47.1 Å². The quantitative estimate of drug-likeness (QED) is 0.930. The monoisotopic (exact) mass is 326 g/mol. The molecule has 1 aromatic heterocycles. The molecule has 6 nitrogen and oxygen atoms in total. The molecule has 1 fully saturated rings. The summed E-state index contributed by atoms with van der Waals surface area (Å²) in [6.07, 6.45) is 3.80. The van der Waals surface area contributed by atoms with Crippen molar-refractivity contribution in [2.45, 2.75) is 31.7 Å². The van der Waals surface area contributed by atoms with E-state index in [9.17, 15) is 4.79 Å². The molecular formula is C18H22N4O2. The summed E-state index contributed by atoms with van der Waals surface area (Å²) in [5.74, 6) is 2.00. The second-order valence-electron chi connectivity index (χ2n) is 6.87. The van der Waals surface area contributed by atoms with Crippen LogP contribution >= 0.6 is 0 Å². The van der Waals surface area contributed by atoms with Crippen molar-refractivity contribution in [3.63, 3.8) is 0 Å². The highest BCUT2D eigenvalue weighted by Crippen LogP contribution is 2.27. The fraction of sp³-hybridized carbons (Fsp3) is 0.500. The van der Waals surface area contributed by atoms with Crippen LogP contribution in [-0.4, -0.2) is 41.1 Å². The molecule has 1 saturated heterocycles. The van der Waals surface area contributed by atoms with Gasteiger partial charge in [0.1, 0.15) is 0 Å². The van der Waals surface area contributed by atoms with E-state index in [2.05, 4.69) is 27.4 Å². The highest BCUT2D eigenvalue weighted by Gasteiger charge is 2.29. The molecule has 2 aliphatic rings. The minimum atomic E-state index is -0.0784. The van der Waals surface area contributed by atoms with Gasteiger partial charge in [-0.05, 0) is 50.5 Å². The maximum atomic E-state index is 12.0. The fourth-order valence-corrected chi connectivity index (χ4v) is 3.64. The van der Waals surface area contributed by atoms with Gasteiger partial charge in [-0.2, -0.15) is 4.98 Å². The Morgan fingerprint density at radius 2 is 2.04 bits per heavy atom. The Kier molecular flexibility index (Phi) is 4.06. The molecule has 1 aromatic carbocycles. The molecule has 0 spiro atoms. The fourth-order valence-electron chi connectivity index (χ4n) is 3.64. The zero-order chi connectivity index (χ0) is 16.5. The minimum absolute atomic E-state index is 0.0262.